The van der Waals surface area contributed by atoms with Crippen LogP contribution in [0.25, 0.3) is 6.08 Å². The third-order valence-corrected chi connectivity index (χ3v) is 3.67. The lowest BCUT2D eigenvalue weighted by Gasteiger charge is -2.20. The minimum absolute atomic E-state index is 0.0355. The van der Waals surface area contributed by atoms with Crippen molar-refractivity contribution in [2.24, 2.45) is 0 Å². The molecule has 0 radical (unpaired) electrons. The molecule has 6 heteroatoms. The van der Waals surface area contributed by atoms with E-state index in [1.165, 1.54) is 11.0 Å². The summed E-state index contributed by atoms with van der Waals surface area (Å²) in [6, 6.07) is 10.8. The summed E-state index contributed by atoms with van der Waals surface area (Å²) in [4.78, 5) is 26.3. The van der Waals surface area contributed by atoms with E-state index < -0.39 is 0 Å². The van der Waals surface area contributed by atoms with E-state index in [9.17, 15) is 9.59 Å². The number of hydrogen-bond donors (Lipinski definition) is 1. The highest BCUT2D eigenvalue weighted by Gasteiger charge is 2.15. The van der Waals surface area contributed by atoms with Gasteiger partial charge in [0, 0.05) is 12.6 Å². The number of carbonyl (C=O) groups excluding carboxylic acids is 2. The largest absolute Gasteiger partial charge is 0.495 e. The lowest BCUT2D eigenvalue weighted by molar-refractivity contribution is -0.130. The molecule has 0 spiro atoms. The Kier molecular flexibility index (Phi) is 7.02. The summed E-state index contributed by atoms with van der Waals surface area (Å²) in [5.41, 5.74) is 0.575. The van der Waals surface area contributed by atoms with Crippen LogP contribution < -0.4 is 10.1 Å². The summed E-state index contributed by atoms with van der Waals surface area (Å²) in [7, 11) is 1.54. The Morgan fingerprint density at radius 3 is 2.65 bits per heavy atom. The highest BCUT2D eigenvalue weighted by atomic mass is 16.5. The van der Waals surface area contributed by atoms with E-state index in [1.807, 2.05) is 26.0 Å². The molecule has 0 aliphatic rings. The van der Waals surface area contributed by atoms with Crippen molar-refractivity contribution in [2.45, 2.75) is 20.3 Å². The number of nitrogens with one attached hydrogen (secondary N) is 1. The molecule has 2 rings (SSSR count). The number of carbonyl (C=O) groups is 2. The quantitative estimate of drug-likeness (QED) is 0.735. The predicted octanol–water partition coefficient (Wildman–Crippen LogP) is 3.49. The van der Waals surface area contributed by atoms with Gasteiger partial charge >= 0.3 is 0 Å². The highest BCUT2D eigenvalue weighted by molar-refractivity contribution is 5.98. The van der Waals surface area contributed by atoms with Crippen LogP contribution in [0.5, 0.6) is 5.75 Å². The zero-order chi connectivity index (χ0) is 18.9. The van der Waals surface area contributed by atoms with E-state index in [0.717, 1.165) is 12.2 Å². The van der Waals surface area contributed by atoms with Gasteiger partial charge in [0.25, 0.3) is 0 Å². The van der Waals surface area contributed by atoms with Crippen molar-refractivity contribution in [3.8, 4) is 5.75 Å². The summed E-state index contributed by atoms with van der Waals surface area (Å²) in [5, 5.41) is 2.78. The summed E-state index contributed by atoms with van der Waals surface area (Å²) in [6.45, 7) is 4.24. The van der Waals surface area contributed by atoms with Crippen LogP contribution in [0, 0.1) is 6.92 Å². The van der Waals surface area contributed by atoms with Gasteiger partial charge in [0.1, 0.15) is 23.8 Å². The molecule has 2 aromatic rings. The Hall–Kier alpha value is -3.02. The first-order valence-electron chi connectivity index (χ1n) is 8.49. The Bertz CT molecular complexity index is 780. The molecular weight excluding hydrogens is 332 g/mol. The summed E-state index contributed by atoms with van der Waals surface area (Å²) < 4.78 is 10.6. The number of hydrogen-bond acceptors (Lipinski definition) is 4. The number of nitrogens with zero attached hydrogens (tertiary/aromatic N) is 1. The number of furan rings is 1. The highest BCUT2D eigenvalue weighted by Crippen LogP contribution is 2.22. The van der Waals surface area contributed by atoms with Crippen LogP contribution in [-0.4, -0.2) is 36.9 Å². The molecule has 0 aliphatic heterocycles. The molecule has 0 saturated heterocycles. The molecule has 6 nitrogen and oxygen atoms in total. The lowest BCUT2D eigenvalue weighted by Crippen LogP contribution is -2.37. The third-order valence-electron chi connectivity index (χ3n) is 3.67. The minimum Gasteiger partial charge on any atom is -0.495 e. The molecule has 0 aliphatic carbocycles. The first-order chi connectivity index (χ1) is 12.5. The van der Waals surface area contributed by atoms with Gasteiger partial charge in [-0.05, 0) is 43.7 Å². The predicted molar refractivity (Wildman–Crippen MR) is 101 cm³/mol. The molecule has 0 atom stereocenters. The second-order valence-corrected chi connectivity index (χ2v) is 5.79. The first kappa shape index (κ1) is 19.3. The van der Waals surface area contributed by atoms with Crippen LogP contribution in [0.1, 0.15) is 24.9 Å². The number of amides is 2. The van der Waals surface area contributed by atoms with E-state index >= 15 is 0 Å². The van der Waals surface area contributed by atoms with Crippen molar-refractivity contribution in [1.82, 2.24) is 4.90 Å². The average Bonchev–Trinajstić information content (AvgIpc) is 3.05. The van der Waals surface area contributed by atoms with Gasteiger partial charge in [-0.2, -0.15) is 0 Å². The van der Waals surface area contributed by atoms with Crippen molar-refractivity contribution in [1.29, 1.82) is 0 Å². The molecule has 2 amide bonds. The van der Waals surface area contributed by atoms with E-state index in [-0.39, 0.29) is 18.4 Å². The van der Waals surface area contributed by atoms with Gasteiger partial charge in [-0.25, -0.2) is 0 Å². The monoisotopic (exact) mass is 356 g/mol. The molecule has 1 N–H and O–H groups in total. The number of ether oxygens (including phenoxy) is 1. The van der Waals surface area contributed by atoms with E-state index in [4.69, 9.17) is 9.15 Å². The van der Waals surface area contributed by atoms with Gasteiger partial charge < -0.3 is 19.4 Å². The van der Waals surface area contributed by atoms with Crippen molar-refractivity contribution in [3.63, 3.8) is 0 Å². The van der Waals surface area contributed by atoms with Crippen molar-refractivity contribution >= 4 is 23.6 Å². The fourth-order valence-electron chi connectivity index (χ4n) is 2.45. The Labute approximate surface area is 153 Å². The van der Waals surface area contributed by atoms with Crippen molar-refractivity contribution in [2.75, 3.05) is 25.5 Å². The minimum atomic E-state index is -0.279. The van der Waals surface area contributed by atoms with Gasteiger partial charge in [0.15, 0.2) is 0 Å². The van der Waals surface area contributed by atoms with Gasteiger partial charge in [-0.1, -0.05) is 19.1 Å². The van der Waals surface area contributed by atoms with Crippen LogP contribution in [0.2, 0.25) is 0 Å². The third kappa shape index (κ3) is 5.51. The molecule has 1 aromatic carbocycles. The van der Waals surface area contributed by atoms with Crippen molar-refractivity contribution < 1.29 is 18.7 Å². The van der Waals surface area contributed by atoms with Crippen LogP contribution >= 0.6 is 0 Å². The van der Waals surface area contributed by atoms with E-state index in [0.29, 0.717) is 23.7 Å². The van der Waals surface area contributed by atoms with Gasteiger partial charge in [0.05, 0.1) is 12.8 Å². The van der Waals surface area contributed by atoms with Crippen LogP contribution in [0.3, 0.4) is 0 Å². The van der Waals surface area contributed by atoms with E-state index in [2.05, 4.69) is 5.32 Å². The summed E-state index contributed by atoms with van der Waals surface area (Å²) in [6.07, 6.45) is 3.78. The molecule has 138 valence electrons. The summed E-state index contributed by atoms with van der Waals surface area (Å²) >= 11 is 0. The molecule has 0 bridgehead atoms. The first-order valence-corrected chi connectivity index (χ1v) is 8.49. The molecular formula is C20H24N2O4. The maximum absolute atomic E-state index is 12.4. The number of rotatable bonds is 8. The number of anilines is 1. The number of benzene rings is 1. The van der Waals surface area contributed by atoms with Crippen LogP contribution in [0.15, 0.2) is 46.9 Å². The smallest absolute Gasteiger partial charge is 0.247 e. The van der Waals surface area contributed by atoms with Gasteiger partial charge in [0.2, 0.25) is 11.8 Å². The second-order valence-electron chi connectivity index (χ2n) is 5.79. The molecule has 1 heterocycles. The zero-order valence-corrected chi connectivity index (χ0v) is 15.3. The van der Waals surface area contributed by atoms with Gasteiger partial charge in [-0.15, -0.1) is 0 Å². The van der Waals surface area contributed by atoms with Gasteiger partial charge in [-0.3, -0.25) is 9.59 Å². The Balaban J connectivity index is 2.00. The Morgan fingerprint density at radius 1 is 1.23 bits per heavy atom. The van der Waals surface area contributed by atoms with Crippen LogP contribution in [0.4, 0.5) is 5.69 Å². The van der Waals surface area contributed by atoms with Crippen LogP contribution in [-0.2, 0) is 9.59 Å². The second kappa shape index (κ2) is 9.46. The number of para-hydroxylation sites is 2. The Morgan fingerprint density at radius 2 is 2.00 bits per heavy atom. The lowest BCUT2D eigenvalue weighted by atomic mass is 10.3. The number of methoxy groups -OCH3 is 1. The maximum Gasteiger partial charge on any atom is 0.247 e. The topological polar surface area (TPSA) is 71.8 Å². The SMILES string of the molecule is CCCN(CC(=O)Nc1ccccc1OC)C(=O)C=Cc1ccc(C)o1. The fourth-order valence-corrected chi connectivity index (χ4v) is 2.45. The van der Waals surface area contributed by atoms with E-state index in [1.54, 1.807) is 37.5 Å². The molecule has 1 aromatic heterocycles. The van der Waals surface area contributed by atoms with Crippen molar-refractivity contribution in [3.05, 3.63) is 54.0 Å². The zero-order valence-electron chi connectivity index (χ0n) is 15.3. The molecule has 0 saturated carbocycles. The summed E-state index contributed by atoms with van der Waals surface area (Å²) in [5.74, 6) is 1.43. The maximum atomic E-state index is 12.4. The standard InChI is InChI=1S/C20H24N2O4/c1-4-13-22(20(24)12-11-16-10-9-15(2)26-16)14-19(23)21-17-7-5-6-8-18(17)25-3/h5-12H,4,13-14H2,1-3H3,(H,21,23). The normalized spacial score (nSPS) is 10.7. The molecule has 0 fully saturated rings. The fraction of sp³-hybridized carbons (Fsp3) is 0.300. The number of aryl methyl sites for hydroxylation is 1. The molecule has 0 unspecified atom stereocenters. The molecule has 26 heavy (non-hydrogen) atoms. The average molecular weight is 356 g/mol.